The Morgan fingerprint density at radius 1 is 1.25 bits per heavy atom. The first kappa shape index (κ1) is 15.1. The first-order valence-corrected chi connectivity index (χ1v) is 8.65. The number of piperidine rings is 1. The number of aryl methyl sites for hydroxylation is 1. The SMILES string of the molecule is CCn1cc(-c2ccnc3[nH]c(C4CCNCC4)cc23)ccc1=O. The van der Waals surface area contributed by atoms with Crippen LogP contribution in [0.5, 0.6) is 0 Å². The highest BCUT2D eigenvalue weighted by Crippen LogP contribution is 2.32. The number of nitrogens with zero attached hydrogens (tertiary/aromatic N) is 2. The van der Waals surface area contributed by atoms with E-state index in [9.17, 15) is 4.79 Å². The first-order valence-electron chi connectivity index (χ1n) is 8.65. The molecule has 1 saturated heterocycles. The van der Waals surface area contributed by atoms with Gasteiger partial charge >= 0.3 is 0 Å². The Hall–Kier alpha value is -2.40. The van der Waals surface area contributed by atoms with Crippen LogP contribution in [0.15, 0.2) is 41.5 Å². The molecule has 1 aliphatic heterocycles. The quantitative estimate of drug-likeness (QED) is 0.779. The average molecular weight is 322 g/mol. The molecule has 0 amide bonds. The Bertz CT molecular complexity index is 919. The molecule has 4 rings (SSSR count). The molecular formula is C19H22N4O. The number of hydrogen-bond donors (Lipinski definition) is 2. The van der Waals surface area contributed by atoms with Crippen LogP contribution < -0.4 is 10.9 Å². The van der Waals surface area contributed by atoms with E-state index in [-0.39, 0.29) is 5.56 Å². The summed E-state index contributed by atoms with van der Waals surface area (Å²) in [5.41, 5.74) is 4.42. The van der Waals surface area contributed by atoms with Crippen LogP contribution in [0.3, 0.4) is 0 Å². The molecule has 124 valence electrons. The molecule has 0 aliphatic carbocycles. The Labute approximate surface area is 140 Å². The topological polar surface area (TPSA) is 62.7 Å². The van der Waals surface area contributed by atoms with E-state index in [2.05, 4.69) is 21.4 Å². The monoisotopic (exact) mass is 322 g/mol. The Morgan fingerprint density at radius 3 is 2.88 bits per heavy atom. The molecule has 0 unspecified atom stereocenters. The van der Waals surface area contributed by atoms with Crippen LogP contribution in [0.1, 0.15) is 31.4 Å². The number of hydrogen-bond acceptors (Lipinski definition) is 3. The molecule has 2 N–H and O–H groups in total. The van der Waals surface area contributed by atoms with Crippen LogP contribution in [0, 0.1) is 0 Å². The molecule has 0 spiro atoms. The summed E-state index contributed by atoms with van der Waals surface area (Å²) in [6, 6.07) is 7.82. The van der Waals surface area contributed by atoms with E-state index in [1.54, 1.807) is 10.6 Å². The molecule has 1 fully saturated rings. The van der Waals surface area contributed by atoms with Gasteiger partial charge in [0.15, 0.2) is 0 Å². The largest absolute Gasteiger partial charge is 0.343 e. The molecule has 0 bridgehead atoms. The third-order valence-corrected chi connectivity index (χ3v) is 4.97. The summed E-state index contributed by atoms with van der Waals surface area (Å²) in [4.78, 5) is 19.9. The van der Waals surface area contributed by atoms with Crippen molar-refractivity contribution >= 4 is 11.0 Å². The number of aromatic amines is 1. The fraction of sp³-hybridized carbons (Fsp3) is 0.368. The fourth-order valence-corrected chi connectivity index (χ4v) is 3.59. The van der Waals surface area contributed by atoms with E-state index in [4.69, 9.17) is 0 Å². The molecule has 0 radical (unpaired) electrons. The molecule has 1 aliphatic rings. The van der Waals surface area contributed by atoms with E-state index >= 15 is 0 Å². The maximum absolute atomic E-state index is 11.8. The van der Waals surface area contributed by atoms with E-state index in [0.717, 1.165) is 48.1 Å². The summed E-state index contributed by atoms with van der Waals surface area (Å²) in [7, 11) is 0. The van der Waals surface area contributed by atoms with Gasteiger partial charge in [0.05, 0.1) is 0 Å². The molecule has 0 saturated carbocycles. The number of aromatic nitrogens is 3. The first-order chi connectivity index (χ1) is 11.8. The van der Waals surface area contributed by atoms with Gasteiger partial charge in [-0.25, -0.2) is 4.98 Å². The molecule has 5 nitrogen and oxygen atoms in total. The van der Waals surface area contributed by atoms with Crippen molar-refractivity contribution < 1.29 is 0 Å². The minimum atomic E-state index is 0.0380. The third kappa shape index (κ3) is 2.65. The van der Waals surface area contributed by atoms with Gasteiger partial charge in [0.2, 0.25) is 0 Å². The highest BCUT2D eigenvalue weighted by molar-refractivity contribution is 5.93. The lowest BCUT2D eigenvalue weighted by Gasteiger charge is -2.21. The van der Waals surface area contributed by atoms with Crippen molar-refractivity contribution in [3.05, 3.63) is 52.7 Å². The van der Waals surface area contributed by atoms with E-state index in [0.29, 0.717) is 12.5 Å². The van der Waals surface area contributed by atoms with Gasteiger partial charge in [-0.15, -0.1) is 0 Å². The number of nitrogens with one attached hydrogen (secondary N) is 2. The summed E-state index contributed by atoms with van der Waals surface area (Å²) >= 11 is 0. The highest BCUT2D eigenvalue weighted by atomic mass is 16.1. The minimum absolute atomic E-state index is 0.0380. The van der Waals surface area contributed by atoms with E-state index in [1.807, 2.05) is 31.5 Å². The van der Waals surface area contributed by atoms with E-state index in [1.165, 1.54) is 5.69 Å². The summed E-state index contributed by atoms with van der Waals surface area (Å²) in [6.45, 7) is 4.80. The Balaban J connectivity index is 1.81. The molecule has 24 heavy (non-hydrogen) atoms. The zero-order valence-corrected chi connectivity index (χ0v) is 13.9. The van der Waals surface area contributed by atoms with E-state index < -0.39 is 0 Å². The van der Waals surface area contributed by atoms with Crippen LogP contribution >= 0.6 is 0 Å². The third-order valence-electron chi connectivity index (χ3n) is 4.97. The number of fused-ring (bicyclic) bond motifs is 1. The lowest BCUT2D eigenvalue weighted by molar-refractivity contribution is 0.455. The molecule has 3 aromatic rings. The zero-order chi connectivity index (χ0) is 16.5. The second-order valence-electron chi connectivity index (χ2n) is 6.41. The number of H-pyrrole nitrogens is 1. The second kappa shape index (κ2) is 6.24. The molecule has 0 aromatic carbocycles. The average Bonchev–Trinajstić information content (AvgIpc) is 3.07. The molecule has 0 atom stereocenters. The maximum atomic E-state index is 11.8. The summed E-state index contributed by atoms with van der Waals surface area (Å²) < 4.78 is 1.74. The standard InChI is InChI=1S/C19H22N4O/c1-2-23-12-14(3-4-18(23)24)15-7-10-21-19-16(15)11-17(22-19)13-5-8-20-9-6-13/h3-4,7,10-13,20H,2,5-6,8-9H2,1H3,(H,21,22). The van der Waals surface area contributed by atoms with Crippen LogP contribution in [0.25, 0.3) is 22.2 Å². The lowest BCUT2D eigenvalue weighted by Crippen LogP contribution is -2.26. The van der Waals surface area contributed by atoms with Crippen molar-refractivity contribution in [1.29, 1.82) is 0 Å². The van der Waals surface area contributed by atoms with Crippen molar-refractivity contribution in [3.63, 3.8) is 0 Å². The number of pyridine rings is 2. The smallest absolute Gasteiger partial charge is 0.250 e. The predicted molar refractivity (Wildman–Crippen MR) is 96.3 cm³/mol. The van der Waals surface area contributed by atoms with Gasteiger partial charge < -0.3 is 14.9 Å². The summed E-state index contributed by atoms with van der Waals surface area (Å²) in [5, 5.41) is 4.54. The van der Waals surface area contributed by atoms with Crippen molar-refractivity contribution in [2.24, 2.45) is 0 Å². The van der Waals surface area contributed by atoms with Crippen molar-refractivity contribution in [3.8, 4) is 11.1 Å². The second-order valence-corrected chi connectivity index (χ2v) is 6.41. The van der Waals surface area contributed by atoms with Gasteiger partial charge in [-0.2, -0.15) is 0 Å². The maximum Gasteiger partial charge on any atom is 0.250 e. The fourth-order valence-electron chi connectivity index (χ4n) is 3.59. The van der Waals surface area contributed by atoms with Gasteiger partial charge in [-0.05, 0) is 62.2 Å². The molecule has 4 heterocycles. The van der Waals surface area contributed by atoms with Crippen molar-refractivity contribution in [1.82, 2.24) is 19.9 Å². The summed E-state index contributed by atoms with van der Waals surface area (Å²) in [5.74, 6) is 0.567. The van der Waals surface area contributed by atoms with Crippen molar-refractivity contribution in [2.75, 3.05) is 13.1 Å². The normalized spacial score (nSPS) is 15.9. The Morgan fingerprint density at radius 2 is 2.08 bits per heavy atom. The van der Waals surface area contributed by atoms with Crippen LogP contribution in [0.4, 0.5) is 0 Å². The van der Waals surface area contributed by atoms with Crippen LogP contribution in [-0.4, -0.2) is 27.6 Å². The Kier molecular flexibility index (Phi) is 3.94. The van der Waals surface area contributed by atoms with Gasteiger partial charge in [0, 0.05) is 42.0 Å². The van der Waals surface area contributed by atoms with Gasteiger partial charge in [0.1, 0.15) is 5.65 Å². The molecular weight excluding hydrogens is 300 g/mol. The lowest BCUT2D eigenvalue weighted by atomic mass is 9.94. The predicted octanol–water partition coefficient (Wildman–Crippen LogP) is 2.88. The minimum Gasteiger partial charge on any atom is -0.343 e. The van der Waals surface area contributed by atoms with Crippen LogP contribution in [0.2, 0.25) is 0 Å². The highest BCUT2D eigenvalue weighted by Gasteiger charge is 2.18. The zero-order valence-electron chi connectivity index (χ0n) is 13.9. The summed E-state index contributed by atoms with van der Waals surface area (Å²) in [6.07, 6.45) is 6.09. The van der Waals surface area contributed by atoms with Crippen molar-refractivity contribution in [2.45, 2.75) is 32.2 Å². The van der Waals surface area contributed by atoms with Crippen LogP contribution in [-0.2, 0) is 6.54 Å². The van der Waals surface area contributed by atoms with Gasteiger partial charge in [0.25, 0.3) is 5.56 Å². The molecule has 5 heteroatoms. The van der Waals surface area contributed by atoms with Gasteiger partial charge in [-0.1, -0.05) is 0 Å². The van der Waals surface area contributed by atoms with Gasteiger partial charge in [-0.3, -0.25) is 4.79 Å². The number of rotatable bonds is 3. The molecule has 3 aromatic heterocycles.